The molecule has 174 valence electrons. The number of benzene rings is 2. The molecule has 33 heavy (non-hydrogen) atoms. The summed E-state index contributed by atoms with van der Waals surface area (Å²) in [4.78, 5) is 14.5. The van der Waals surface area contributed by atoms with Gasteiger partial charge in [-0.3, -0.25) is 9.36 Å². The largest absolute Gasteiger partial charge is 0.497 e. The van der Waals surface area contributed by atoms with E-state index in [2.05, 4.69) is 10.2 Å². The number of nitrogens with zero attached hydrogens (tertiary/aromatic N) is 4. The van der Waals surface area contributed by atoms with Gasteiger partial charge in [-0.2, -0.15) is 13.2 Å². The van der Waals surface area contributed by atoms with Crippen molar-refractivity contribution in [3.63, 3.8) is 0 Å². The highest BCUT2D eigenvalue weighted by atomic mass is 32.2. The molecular formula is C23H23F3N4O2S. The number of rotatable bonds is 6. The Balaban J connectivity index is 1.69. The van der Waals surface area contributed by atoms with E-state index in [-0.39, 0.29) is 17.3 Å². The number of carbonyl (C=O) groups is 1. The zero-order valence-corrected chi connectivity index (χ0v) is 18.8. The van der Waals surface area contributed by atoms with Gasteiger partial charge in [0.05, 0.1) is 24.1 Å². The first-order valence-corrected chi connectivity index (χ1v) is 11.5. The van der Waals surface area contributed by atoms with Crippen LogP contribution >= 0.6 is 11.8 Å². The summed E-state index contributed by atoms with van der Waals surface area (Å²) >= 11 is 1.17. The zero-order chi connectivity index (χ0) is 23.4. The third-order valence-electron chi connectivity index (χ3n) is 5.45. The Labute approximate surface area is 193 Å². The van der Waals surface area contributed by atoms with Gasteiger partial charge in [-0.25, -0.2) is 0 Å². The Morgan fingerprint density at radius 2 is 1.79 bits per heavy atom. The predicted molar refractivity (Wildman–Crippen MR) is 120 cm³/mol. The van der Waals surface area contributed by atoms with Crippen molar-refractivity contribution in [2.45, 2.75) is 30.6 Å². The molecule has 3 aromatic rings. The molecule has 1 saturated heterocycles. The number of methoxy groups -OCH3 is 1. The van der Waals surface area contributed by atoms with Crippen molar-refractivity contribution in [2.75, 3.05) is 26.0 Å². The number of hydrogen-bond donors (Lipinski definition) is 0. The highest BCUT2D eigenvalue weighted by Crippen LogP contribution is 2.33. The molecule has 0 atom stereocenters. The van der Waals surface area contributed by atoms with Gasteiger partial charge in [0.15, 0.2) is 11.0 Å². The van der Waals surface area contributed by atoms with Gasteiger partial charge in [-0.05, 0) is 61.7 Å². The molecule has 1 fully saturated rings. The summed E-state index contributed by atoms with van der Waals surface area (Å²) in [6.45, 7) is 1.47. The third-order valence-corrected chi connectivity index (χ3v) is 6.36. The maximum Gasteiger partial charge on any atom is 0.416 e. The van der Waals surface area contributed by atoms with Crippen LogP contribution in [0.3, 0.4) is 0 Å². The van der Waals surface area contributed by atoms with Crippen LogP contribution in [0.2, 0.25) is 0 Å². The molecule has 1 aliphatic rings. The summed E-state index contributed by atoms with van der Waals surface area (Å²) < 4.78 is 46.8. The van der Waals surface area contributed by atoms with Gasteiger partial charge in [0.25, 0.3) is 0 Å². The number of ether oxygens (including phenoxy) is 1. The standard InChI is InChI=1S/C23H23F3N4O2S/c1-32-19-10-8-16(9-11-19)21-27-28-22(33-15-20(31)29-12-3-2-4-13-29)30(21)18-7-5-6-17(14-18)23(24,25)26/h5-11,14H,2-4,12-13,15H2,1H3. The average molecular weight is 477 g/mol. The minimum atomic E-state index is -4.48. The quantitative estimate of drug-likeness (QED) is 0.465. The van der Waals surface area contributed by atoms with E-state index >= 15 is 0 Å². The third kappa shape index (κ3) is 5.32. The van der Waals surface area contributed by atoms with Gasteiger partial charge in [0.2, 0.25) is 5.91 Å². The number of thioether (sulfide) groups is 1. The maximum atomic E-state index is 13.4. The lowest BCUT2D eigenvalue weighted by atomic mass is 10.1. The topological polar surface area (TPSA) is 60.3 Å². The summed E-state index contributed by atoms with van der Waals surface area (Å²) in [5, 5.41) is 8.81. The summed E-state index contributed by atoms with van der Waals surface area (Å²) in [5.41, 5.74) is 0.165. The van der Waals surface area contributed by atoms with Crippen molar-refractivity contribution in [1.29, 1.82) is 0 Å². The molecule has 1 aliphatic heterocycles. The van der Waals surface area contributed by atoms with Crippen LogP contribution in [0, 0.1) is 0 Å². The molecular weight excluding hydrogens is 453 g/mol. The van der Waals surface area contributed by atoms with Crippen LogP contribution in [0.1, 0.15) is 24.8 Å². The van der Waals surface area contributed by atoms with E-state index < -0.39 is 11.7 Å². The smallest absolute Gasteiger partial charge is 0.416 e. The summed E-state index contributed by atoms with van der Waals surface area (Å²) in [7, 11) is 1.55. The lowest BCUT2D eigenvalue weighted by Crippen LogP contribution is -2.36. The number of amides is 1. The highest BCUT2D eigenvalue weighted by Gasteiger charge is 2.31. The Bertz CT molecular complexity index is 1110. The zero-order valence-electron chi connectivity index (χ0n) is 18.0. The van der Waals surface area contributed by atoms with Gasteiger partial charge in [0.1, 0.15) is 5.75 Å². The van der Waals surface area contributed by atoms with Crippen LogP contribution in [0.5, 0.6) is 5.75 Å². The van der Waals surface area contributed by atoms with E-state index in [9.17, 15) is 18.0 Å². The van der Waals surface area contributed by atoms with Crippen molar-refractivity contribution in [3.8, 4) is 22.8 Å². The molecule has 0 unspecified atom stereocenters. The van der Waals surface area contributed by atoms with E-state index in [0.717, 1.165) is 44.5 Å². The number of alkyl halides is 3. The monoisotopic (exact) mass is 476 g/mol. The second-order valence-corrected chi connectivity index (χ2v) is 8.59. The van der Waals surface area contributed by atoms with Gasteiger partial charge in [-0.15, -0.1) is 10.2 Å². The molecule has 2 aromatic carbocycles. The Kier molecular flexibility index (Phi) is 6.92. The molecule has 1 amide bonds. The Morgan fingerprint density at radius 3 is 2.45 bits per heavy atom. The molecule has 0 spiro atoms. The van der Waals surface area contributed by atoms with Crippen LogP contribution in [0.15, 0.2) is 53.7 Å². The molecule has 0 saturated carbocycles. The molecule has 0 bridgehead atoms. The van der Waals surface area contributed by atoms with Crippen molar-refractivity contribution >= 4 is 17.7 Å². The summed E-state index contributed by atoms with van der Waals surface area (Å²) in [6.07, 6.45) is -1.40. The normalized spacial score (nSPS) is 14.4. The van der Waals surface area contributed by atoms with Crippen molar-refractivity contribution in [3.05, 3.63) is 54.1 Å². The van der Waals surface area contributed by atoms with Gasteiger partial charge < -0.3 is 9.64 Å². The molecule has 2 heterocycles. The summed E-state index contributed by atoms with van der Waals surface area (Å²) in [6, 6.07) is 12.0. The van der Waals surface area contributed by atoms with Crippen LogP contribution in [-0.2, 0) is 11.0 Å². The minimum Gasteiger partial charge on any atom is -0.497 e. The minimum absolute atomic E-state index is 0.00992. The van der Waals surface area contributed by atoms with Crippen molar-refractivity contribution in [1.82, 2.24) is 19.7 Å². The van der Waals surface area contributed by atoms with E-state index in [1.807, 2.05) is 4.90 Å². The van der Waals surface area contributed by atoms with E-state index in [0.29, 0.717) is 22.3 Å². The first kappa shape index (κ1) is 23.2. The van der Waals surface area contributed by atoms with Gasteiger partial charge in [0, 0.05) is 18.7 Å². The first-order chi connectivity index (χ1) is 15.9. The van der Waals surface area contributed by atoms with Crippen LogP contribution in [0.4, 0.5) is 13.2 Å². The van der Waals surface area contributed by atoms with E-state index in [1.165, 1.54) is 17.8 Å². The fourth-order valence-corrected chi connectivity index (χ4v) is 4.56. The highest BCUT2D eigenvalue weighted by molar-refractivity contribution is 7.99. The Morgan fingerprint density at radius 1 is 1.06 bits per heavy atom. The molecule has 0 aliphatic carbocycles. The average Bonchev–Trinajstić information content (AvgIpc) is 3.26. The second-order valence-electron chi connectivity index (χ2n) is 7.65. The molecule has 0 N–H and O–H groups in total. The Hall–Kier alpha value is -3.01. The fourth-order valence-electron chi connectivity index (χ4n) is 3.71. The molecule has 0 radical (unpaired) electrons. The first-order valence-electron chi connectivity index (χ1n) is 10.5. The second kappa shape index (κ2) is 9.86. The predicted octanol–water partition coefficient (Wildman–Crippen LogP) is 5.07. The number of piperidine rings is 1. The number of aromatic nitrogens is 3. The van der Waals surface area contributed by atoms with Crippen LogP contribution < -0.4 is 4.74 Å². The number of carbonyl (C=O) groups excluding carboxylic acids is 1. The van der Waals surface area contributed by atoms with Crippen LogP contribution in [-0.4, -0.2) is 51.5 Å². The van der Waals surface area contributed by atoms with E-state index in [4.69, 9.17) is 4.74 Å². The maximum absolute atomic E-state index is 13.4. The lowest BCUT2D eigenvalue weighted by Gasteiger charge is -2.26. The molecule has 1 aromatic heterocycles. The summed E-state index contributed by atoms with van der Waals surface area (Å²) in [5.74, 6) is 1.15. The van der Waals surface area contributed by atoms with Crippen molar-refractivity contribution in [2.24, 2.45) is 0 Å². The number of hydrogen-bond acceptors (Lipinski definition) is 5. The number of likely N-dealkylation sites (tertiary alicyclic amines) is 1. The molecule has 6 nitrogen and oxygen atoms in total. The SMILES string of the molecule is COc1ccc(-c2nnc(SCC(=O)N3CCCCC3)n2-c2cccc(C(F)(F)F)c2)cc1. The fraction of sp³-hybridized carbons (Fsp3) is 0.348. The van der Waals surface area contributed by atoms with Crippen molar-refractivity contribution < 1.29 is 22.7 Å². The van der Waals surface area contributed by atoms with Crippen LogP contribution in [0.25, 0.3) is 17.1 Å². The lowest BCUT2D eigenvalue weighted by molar-refractivity contribution is -0.137. The molecule has 10 heteroatoms. The van der Waals surface area contributed by atoms with E-state index in [1.54, 1.807) is 42.0 Å². The van der Waals surface area contributed by atoms with Gasteiger partial charge in [-0.1, -0.05) is 17.8 Å². The molecule has 4 rings (SSSR count). The van der Waals surface area contributed by atoms with Gasteiger partial charge >= 0.3 is 6.18 Å². The number of halogens is 3.